The van der Waals surface area contributed by atoms with Crippen molar-refractivity contribution >= 4 is 38.5 Å². The quantitative estimate of drug-likeness (QED) is 0.518. The van der Waals surface area contributed by atoms with Crippen LogP contribution in [0.3, 0.4) is 0 Å². The van der Waals surface area contributed by atoms with E-state index in [-0.39, 0.29) is 0 Å². The van der Waals surface area contributed by atoms with Crippen LogP contribution in [0.5, 0.6) is 0 Å². The van der Waals surface area contributed by atoms with E-state index in [1.807, 2.05) is 0 Å². The van der Waals surface area contributed by atoms with E-state index in [9.17, 15) is 4.79 Å². The van der Waals surface area contributed by atoms with E-state index in [0.717, 1.165) is 11.5 Å². The molecule has 46 valence electrons. The summed E-state index contributed by atoms with van der Waals surface area (Å²) in [5, 5.41) is 0.567. The van der Waals surface area contributed by atoms with Gasteiger partial charge in [0.15, 0.2) is 5.00 Å². The second kappa shape index (κ2) is 2.87. The van der Waals surface area contributed by atoms with E-state index in [1.54, 1.807) is 6.07 Å². The summed E-state index contributed by atoms with van der Waals surface area (Å²) in [7, 11) is 0. The Hall–Kier alpha value is -0.510. The summed E-state index contributed by atoms with van der Waals surface area (Å²) < 4.78 is 4.52. The van der Waals surface area contributed by atoms with Crippen LogP contribution in [0.2, 0.25) is 0 Å². The molecule has 0 amide bonds. The molecule has 0 radical (unpaired) electrons. The summed E-state index contributed by atoms with van der Waals surface area (Å²) in [4.78, 5) is 13.0. The molecule has 5 heteroatoms. The highest BCUT2D eigenvalue weighted by molar-refractivity contribution is 9.10. The van der Waals surface area contributed by atoms with Gasteiger partial charge in [-0.05, 0) is 27.5 Å². The van der Waals surface area contributed by atoms with Crippen molar-refractivity contribution in [2.24, 2.45) is 4.99 Å². The fourth-order valence-electron chi connectivity index (χ4n) is 0.343. The van der Waals surface area contributed by atoms with Gasteiger partial charge in [0.1, 0.15) is 4.60 Å². The minimum absolute atomic E-state index is 0.567. The minimum atomic E-state index is 0.567. The molecule has 0 aromatic carbocycles. The Morgan fingerprint density at radius 3 is 3.11 bits per heavy atom. The van der Waals surface area contributed by atoms with Crippen LogP contribution >= 0.6 is 27.5 Å². The molecule has 3 nitrogen and oxygen atoms in total. The van der Waals surface area contributed by atoms with E-state index >= 15 is 0 Å². The summed E-state index contributed by atoms with van der Waals surface area (Å²) in [5.74, 6) is 0. The highest BCUT2D eigenvalue weighted by Crippen LogP contribution is 2.22. The predicted molar refractivity (Wildman–Crippen MR) is 37.6 cm³/mol. The van der Waals surface area contributed by atoms with Crippen molar-refractivity contribution < 1.29 is 4.79 Å². The third kappa shape index (κ3) is 1.71. The molecule has 1 rings (SSSR count). The summed E-state index contributed by atoms with van der Waals surface area (Å²) >= 11 is 4.26. The molecule has 0 fully saturated rings. The third-order valence-corrected chi connectivity index (χ3v) is 1.95. The maximum atomic E-state index is 9.66. The number of rotatable bonds is 1. The first-order valence-electron chi connectivity index (χ1n) is 2.03. The molecule has 1 heterocycles. The zero-order valence-electron chi connectivity index (χ0n) is 4.17. The molecule has 1 aromatic heterocycles. The van der Waals surface area contributed by atoms with Gasteiger partial charge in [0.05, 0.1) is 0 Å². The van der Waals surface area contributed by atoms with Crippen LogP contribution in [0, 0.1) is 0 Å². The summed E-state index contributed by atoms with van der Waals surface area (Å²) in [5.41, 5.74) is 0. The predicted octanol–water partition coefficient (Wildman–Crippen LogP) is 1.87. The Morgan fingerprint density at radius 2 is 2.67 bits per heavy atom. The number of hydrogen-bond donors (Lipinski definition) is 0. The van der Waals surface area contributed by atoms with Crippen LogP contribution in [0.25, 0.3) is 0 Å². The molecule has 0 aliphatic carbocycles. The molecule has 0 saturated carbocycles. The Morgan fingerprint density at radius 1 is 1.89 bits per heavy atom. The van der Waals surface area contributed by atoms with Crippen molar-refractivity contribution in [3.8, 4) is 0 Å². The maximum Gasteiger partial charge on any atom is 0.241 e. The fourth-order valence-corrected chi connectivity index (χ4v) is 1.40. The number of hydrogen-bond acceptors (Lipinski definition) is 4. The van der Waals surface area contributed by atoms with Crippen LogP contribution in [-0.4, -0.2) is 10.5 Å². The van der Waals surface area contributed by atoms with Crippen LogP contribution in [0.4, 0.5) is 5.00 Å². The van der Waals surface area contributed by atoms with Gasteiger partial charge in [-0.15, -0.1) is 0 Å². The number of nitrogens with zero attached hydrogens (tertiary/aromatic N) is 2. The van der Waals surface area contributed by atoms with Crippen molar-refractivity contribution in [3.63, 3.8) is 0 Å². The van der Waals surface area contributed by atoms with Crippen LogP contribution in [0.1, 0.15) is 0 Å². The molecule has 0 atom stereocenters. The first-order valence-corrected chi connectivity index (χ1v) is 3.59. The van der Waals surface area contributed by atoms with Crippen molar-refractivity contribution in [1.29, 1.82) is 0 Å². The summed E-state index contributed by atoms with van der Waals surface area (Å²) in [6, 6.07) is 1.65. The van der Waals surface area contributed by atoms with E-state index in [2.05, 4.69) is 25.3 Å². The first-order chi connectivity index (χ1) is 4.33. The van der Waals surface area contributed by atoms with Crippen molar-refractivity contribution in [2.45, 2.75) is 0 Å². The van der Waals surface area contributed by atoms with Crippen molar-refractivity contribution in [3.05, 3.63) is 10.7 Å². The Bertz CT molecular complexity index is 253. The molecular weight excluding hydrogens is 204 g/mol. The lowest BCUT2D eigenvalue weighted by Crippen LogP contribution is -1.48. The standard InChI is InChI=1S/C4HBrN2OS/c5-3-1-4(6-2-8)9-7-3/h1H. The lowest BCUT2D eigenvalue weighted by atomic mass is 10.7. The second-order valence-corrected chi connectivity index (χ2v) is 2.79. The topological polar surface area (TPSA) is 42.3 Å². The Labute approximate surface area is 63.7 Å². The van der Waals surface area contributed by atoms with Gasteiger partial charge in [0, 0.05) is 6.07 Å². The minimum Gasteiger partial charge on any atom is -0.211 e. The summed E-state index contributed by atoms with van der Waals surface area (Å²) in [6.45, 7) is 0. The van der Waals surface area contributed by atoms with Gasteiger partial charge in [0.2, 0.25) is 6.08 Å². The molecule has 0 aliphatic rings. The normalized spacial score (nSPS) is 8.56. The Balaban J connectivity index is 2.97. The lowest BCUT2D eigenvalue weighted by Gasteiger charge is -1.67. The van der Waals surface area contributed by atoms with Gasteiger partial charge >= 0.3 is 0 Å². The van der Waals surface area contributed by atoms with E-state index in [0.29, 0.717) is 9.60 Å². The largest absolute Gasteiger partial charge is 0.241 e. The lowest BCUT2D eigenvalue weighted by molar-refractivity contribution is 0.565. The van der Waals surface area contributed by atoms with Crippen molar-refractivity contribution in [2.75, 3.05) is 0 Å². The molecule has 1 aromatic rings. The number of carbonyl (C=O) groups excluding carboxylic acids is 1. The first kappa shape index (κ1) is 6.61. The second-order valence-electron chi connectivity index (χ2n) is 1.19. The molecule has 9 heavy (non-hydrogen) atoms. The zero-order valence-corrected chi connectivity index (χ0v) is 6.57. The molecule has 0 unspecified atom stereocenters. The van der Waals surface area contributed by atoms with Gasteiger partial charge in [-0.3, -0.25) is 0 Å². The molecule has 0 spiro atoms. The van der Waals surface area contributed by atoms with Gasteiger partial charge in [0.25, 0.3) is 0 Å². The zero-order chi connectivity index (χ0) is 6.69. The molecule has 0 saturated heterocycles. The van der Waals surface area contributed by atoms with E-state index < -0.39 is 0 Å². The van der Waals surface area contributed by atoms with Crippen molar-refractivity contribution in [1.82, 2.24) is 4.37 Å². The molecule has 0 N–H and O–H groups in total. The van der Waals surface area contributed by atoms with Gasteiger partial charge in [-0.2, -0.15) is 9.37 Å². The van der Waals surface area contributed by atoms with Crippen LogP contribution in [-0.2, 0) is 4.79 Å². The maximum absolute atomic E-state index is 9.66. The number of halogens is 1. The number of isocyanates is 1. The Kier molecular flexibility index (Phi) is 2.10. The van der Waals surface area contributed by atoms with Gasteiger partial charge in [-0.25, -0.2) is 4.79 Å². The van der Waals surface area contributed by atoms with E-state index in [1.165, 1.54) is 6.08 Å². The molecular formula is C4HBrN2OS. The smallest absolute Gasteiger partial charge is 0.211 e. The van der Waals surface area contributed by atoms with Crippen LogP contribution in [0.15, 0.2) is 15.7 Å². The third-order valence-electron chi connectivity index (χ3n) is 0.625. The monoisotopic (exact) mass is 204 g/mol. The highest BCUT2D eigenvalue weighted by Gasteiger charge is 1.93. The molecule has 0 bridgehead atoms. The number of aromatic nitrogens is 1. The number of aliphatic imine (C=N–C) groups is 1. The summed E-state index contributed by atoms with van der Waals surface area (Å²) in [6.07, 6.45) is 1.42. The average molecular weight is 205 g/mol. The SMILES string of the molecule is O=C=Nc1cc(Br)ns1. The molecule has 0 aliphatic heterocycles. The highest BCUT2D eigenvalue weighted by atomic mass is 79.9. The van der Waals surface area contributed by atoms with Gasteiger partial charge < -0.3 is 0 Å². The van der Waals surface area contributed by atoms with E-state index in [4.69, 9.17) is 0 Å². The average Bonchev–Trinajstić information content (AvgIpc) is 2.17. The fraction of sp³-hybridized carbons (Fsp3) is 0. The van der Waals surface area contributed by atoms with Crippen LogP contribution < -0.4 is 0 Å². The van der Waals surface area contributed by atoms with Gasteiger partial charge in [-0.1, -0.05) is 0 Å².